The second-order valence-electron chi connectivity index (χ2n) is 6.86. The van der Waals surface area contributed by atoms with Gasteiger partial charge in [-0.3, -0.25) is 4.79 Å². The van der Waals surface area contributed by atoms with Gasteiger partial charge in [-0.25, -0.2) is 10.1 Å². The van der Waals surface area contributed by atoms with E-state index in [2.05, 4.69) is 25.7 Å². The Morgan fingerprint density at radius 1 is 0.839 bits per heavy atom. The first-order chi connectivity index (χ1) is 15.3. The van der Waals surface area contributed by atoms with Gasteiger partial charge in [0.15, 0.2) is 11.4 Å². The molecular weight excluding hydrogens is 390 g/mol. The molecule has 0 aliphatic rings. The smallest absolute Gasteiger partial charge is 0.227 e. The SMILES string of the molecule is O=CNc1[nH]nnc1-c1ccc(C=Cc2ccc(-c3nc4ccccc4o3)cc2)cc1. The van der Waals surface area contributed by atoms with E-state index < -0.39 is 0 Å². The molecule has 7 nitrogen and oxygen atoms in total. The van der Waals surface area contributed by atoms with E-state index in [0.717, 1.165) is 33.4 Å². The number of anilines is 1. The number of nitrogens with one attached hydrogen (secondary N) is 2. The van der Waals surface area contributed by atoms with Crippen molar-refractivity contribution in [2.24, 2.45) is 0 Å². The number of fused-ring (bicyclic) bond motifs is 1. The number of H-pyrrole nitrogens is 1. The molecule has 5 rings (SSSR count). The highest BCUT2D eigenvalue weighted by Gasteiger charge is 2.09. The van der Waals surface area contributed by atoms with Crippen molar-refractivity contribution in [2.45, 2.75) is 0 Å². The molecule has 0 spiro atoms. The molecule has 31 heavy (non-hydrogen) atoms. The Morgan fingerprint density at radius 2 is 1.52 bits per heavy atom. The first-order valence-corrected chi connectivity index (χ1v) is 9.66. The quantitative estimate of drug-likeness (QED) is 0.304. The van der Waals surface area contributed by atoms with Crippen LogP contribution in [-0.2, 0) is 4.79 Å². The highest BCUT2D eigenvalue weighted by atomic mass is 16.3. The van der Waals surface area contributed by atoms with Gasteiger partial charge in [-0.15, -0.1) is 5.10 Å². The molecule has 0 saturated heterocycles. The highest BCUT2D eigenvalue weighted by molar-refractivity contribution is 5.81. The van der Waals surface area contributed by atoms with E-state index >= 15 is 0 Å². The lowest BCUT2D eigenvalue weighted by Crippen LogP contribution is -1.95. The standard InChI is InChI=1S/C24H17N5O2/c30-15-25-23-22(27-29-28-23)18-11-7-16(8-12-18)5-6-17-9-13-19(14-10-17)24-26-20-3-1-2-4-21(20)31-24/h1-15H,(H2,25,27,28,29,30). The topological polar surface area (TPSA) is 96.7 Å². The molecule has 0 atom stereocenters. The molecule has 0 saturated carbocycles. The van der Waals surface area contributed by atoms with Crippen LogP contribution < -0.4 is 5.32 Å². The van der Waals surface area contributed by atoms with E-state index in [-0.39, 0.29) is 0 Å². The Kier molecular flexibility index (Phi) is 4.82. The minimum absolute atomic E-state index is 0.470. The van der Waals surface area contributed by atoms with Crippen molar-refractivity contribution in [3.8, 4) is 22.7 Å². The number of aromatic amines is 1. The fourth-order valence-corrected chi connectivity index (χ4v) is 3.27. The summed E-state index contributed by atoms with van der Waals surface area (Å²) in [6.07, 6.45) is 4.66. The molecule has 0 unspecified atom stereocenters. The zero-order valence-corrected chi connectivity index (χ0v) is 16.3. The molecule has 150 valence electrons. The van der Waals surface area contributed by atoms with Crippen molar-refractivity contribution in [2.75, 3.05) is 5.32 Å². The number of aromatic nitrogens is 4. The van der Waals surface area contributed by atoms with Crippen molar-refractivity contribution in [1.29, 1.82) is 0 Å². The van der Waals surface area contributed by atoms with Crippen LogP contribution in [0, 0.1) is 0 Å². The zero-order chi connectivity index (χ0) is 21.0. The first kappa shape index (κ1) is 18.5. The number of nitrogens with zero attached hydrogens (tertiary/aromatic N) is 3. The van der Waals surface area contributed by atoms with Gasteiger partial charge < -0.3 is 9.73 Å². The maximum Gasteiger partial charge on any atom is 0.227 e. The monoisotopic (exact) mass is 407 g/mol. The lowest BCUT2D eigenvalue weighted by molar-refractivity contribution is -0.105. The summed E-state index contributed by atoms with van der Waals surface area (Å²) in [6, 6.07) is 23.6. The minimum atomic E-state index is 0.470. The van der Waals surface area contributed by atoms with Crippen LogP contribution in [0.3, 0.4) is 0 Å². The Hall–Kier alpha value is -4.52. The van der Waals surface area contributed by atoms with Gasteiger partial charge in [-0.2, -0.15) is 0 Å². The second kappa shape index (κ2) is 8.08. The van der Waals surface area contributed by atoms with E-state index in [0.29, 0.717) is 23.8 Å². The number of hydrogen-bond acceptors (Lipinski definition) is 5. The van der Waals surface area contributed by atoms with Crippen LogP contribution in [0.2, 0.25) is 0 Å². The average molecular weight is 407 g/mol. The molecule has 2 N–H and O–H groups in total. The van der Waals surface area contributed by atoms with Gasteiger partial charge in [0.1, 0.15) is 11.2 Å². The molecule has 0 fully saturated rings. The lowest BCUT2D eigenvalue weighted by Gasteiger charge is -2.01. The molecule has 2 aromatic heterocycles. The number of carbonyl (C=O) groups excluding carboxylic acids is 1. The molecule has 5 aromatic rings. The summed E-state index contributed by atoms with van der Waals surface area (Å²) in [5, 5.41) is 13.0. The van der Waals surface area contributed by atoms with Gasteiger partial charge in [0.25, 0.3) is 0 Å². The first-order valence-electron chi connectivity index (χ1n) is 9.66. The number of amides is 1. The molecule has 0 aliphatic carbocycles. The van der Waals surface area contributed by atoms with Crippen LogP contribution in [0.1, 0.15) is 11.1 Å². The summed E-state index contributed by atoms with van der Waals surface area (Å²) in [7, 11) is 0. The average Bonchev–Trinajstić information content (AvgIpc) is 3.46. The van der Waals surface area contributed by atoms with Crippen LogP contribution in [0.25, 0.3) is 46.0 Å². The van der Waals surface area contributed by atoms with Gasteiger partial charge in [0.2, 0.25) is 12.3 Å². The number of benzene rings is 3. The number of para-hydroxylation sites is 2. The highest BCUT2D eigenvalue weighted by Crippen LogP contribution is 2.26. The summed E-state index contributed by atoms with van der Waals surface area (Å²) in [4.78, 5) is 15.2. The number of oxazole rings is 1. The predicted octanol–water partition coefficient (Wildman–Crippen LogP) is 5.02. The van der Waals surface area contributed by atoms with E-state index in [4.69, 9.17) is 4.42 Å². The Bertz CT molecular complexity index is 1330. The van der Waals surface area contributed by atoms with Crippen molar-refractivity contribution in [3.05, 3.63) is 83.9 Å². The molecular formula is C24H17N5O2. The predicted molar refractivity (Wildman–Crippen MR) is 120 cm³/mol. The third-order valence-electron chi connectivity index (χ3n) is 4.86. The Morgan fingerprint density at radius 3 is 2.19 bits per heavy atom. The van der Waals surface area contributed by atoms with Crippen molar-refractivity contribution in [3.63, 3.8) is 0 Å². The zero-order valence-electron chi connectivity index (χ0n) is 16.3. The molecule has 2 heterocycles. The second-order valence-corrected chi connectivity index (χ2v) is 6.86. The van der Waals surface area contributed by atoms with Gasteiger partial charge in [0.05, 0.1) is 0 Å². The maximum atomic E-state index is 10.7. The van der Waals surface area contributed by atoms with Crippen LogP contribution in [0.4, 0.5) is 5.82 Å². The fourth-order valence-electron chi connectivity index (χ4n) is 3.27. The minimum Gasteiger partial charge on any atom is -0.436 e. The summed E-state index contributed by atoms with van der Waals surface area (Å²) in [5.41, 5.74) is 6.13. The molecule has 3 aromatic carbocycles. The summed E-state index contributed by atoms with van der Waals surface area (Å²) < 4.78 is 5.82. The third-order valence-corrected chi connectivity index (χ3v) is 4.86. The Labute approximate surface area is 177 Å². The molecule has 0 radical (unpaired) electrons. The van der Waals surface area contributed by atoms with Crippen LogP contribution in [0.5, 0.6) is 0 Å². The molecule has 0 aliphatic heterocycles. The van der Waals surface area contributed by atoms with E-state index in [1.54, 1.807) is 0 Å². The van der Waals surface area contributed by atoms with Gasteiger partial charge in [-0.1, -0.05) is 65.9 Å². The van der Waals surface area contributed by atoms with E-state index in [1.165, 1.54) is 0 Å². The summed E-state index contributed by atoms with van der Waals surface area (Å²) in [6.45, 7) is 0. The lowest BCUT2D eigenvalue weighted by atomic mass is 10.1. The number of rotatable bonds is 6. The van der Waals surface area contributed by atoms with Crippen LogP contribution in [0.15, 0.2) is 77.2 Å². The van der Waals surface area contributed by atoms with Gasteiger partial charge in [0, 0.05) is 11.1 Å². The van der Waals surface area contributed by atoms with E-state index in [9.17, 15) is 4.79 Å². The maximum absolute atomic E-state index is 10.7. The largest absolute Gasteiger partial charge is 0.436 e. The normalized spacial score (nSPS) is 11.2. The molecule has 0 bridgehead atoms. The molecule has 7 heteroatoms. The number of hydrogen-bond donors (Lipinski definition) is 2. The Balaban J connectivity index is 1.31. The van der Waals surface area contributed by atoms with Crippen molar-refractivity contribution >= 4 is 35.5 Å². The van der Waals surface area contributed by atoms with E-state index in [1.807, 2.05) is 84.9 Å². The number of carbonyl (C=O) groups is 1. The van der Waals surface area contributed by atoms with Crippen LogP contribution >= 0.6 is 0 Å². The van der Waals surface area contributed by atoms with Crippen LogP contribution in [-0.4, -0.2) is 26.8 Å². The summed E-state index contributed by atoms with van der Waals surface area (Å²) >= 11 is 0. The fraction of sp³-hybridized carbons (Fsp3) is 0. The van der Waals surface area contributed by atoms with Gasteiger partial charge >= 0.3 is 0 Å². The van der Waals surface area contributed by atoms with Crippen molar-refractivity contribution < 1.29 is 9.21 Å². The summed E-state index contributed by atoms with van der Waals surface area (Å²) in [5.74, 6) is 1.08. The van der Waals surface area contributed by atoms with Crippen molar-refractivity contribution in [1.82, 2.24) is 20.4 Å². The molecule has 1 amide bonds. The third kappa shape index (κ3) is 3.84. The van der Waals surface area contributed by atoms with Gasteiger partial charge in [-0.05, 0) is 35.4 Å².